The van der Waals surface area contributed by atoms with E-state index in [2.05, 4.69) is 31.6 Å². The maximum Gasteiger partial charge on any atom is 0.349 e. The molecular weight excluding hydrogens is 542 g/mol. The van der Waals surface area contributed by atoms with Crippen LogP contribution in [0.25, 0.3) is 0 Å². The molecule has 1 atom stereocenters. The van der Waals surface area contributed by atoms with Crippen molar-refractivity contribution in [2.24, 2.45) is 0 Å². The molecule has 1 N–H and O–H groups in total. The zero-order valence-electron chi connectivity index (χ0n) is 18.3. The largest absolute Gasteiger partial charge is 0.349 e. The van der Waals surface area contributed by atoms with Gasteiger partial charge >= 0.3 is 15.2 Å². The van der Waals surface area contributed by atoms with Gasteiger partial charge in [-0.2, -0.15) is 0 Å². The molecule has 178 valence electrons. The second kappa shape index (κ2) is 10.7. The standard InChI is InChI=1S/C18H27BrN4O6P2S/c1-5-26-30(24,27-6-2)16(31(25,28-7-3)29-8-4)18(14-11-9-10-12-15(14)19)22-23-13-20-21-17(23)32-18/h9-13,16,22H,5-8H2,1-4H3. The van der Waals surface area contributed by atoms with E-state index in [-0.39, 0.29) is 26.4 Å². The molecule has 0 spiro atoms. The minimum absolute atomic E-state index is 0.0782. The molecule has 1 aliphatic heterocycles. The van der Waals surface area contributed by atoms with E-state index < -0.39 is 25.5 Å². The maximum absolute atomic E-state index is 14.4. The predicted molar refractivity (Wildman–Crippen MR) is 127 cm³/mol. The molecule has 3 rings (SSSR count). The second-order valence-corrected chi connectivity index (χ2v) is 13.2. The van der Waals surface area contributed by atoms with E-state index in [4.69, 9.17) is 18.1 Å². The molecule has 2 heterocycles. The molecule has 0 aliphatic carbocycles. The molecule has 1 unspecified atom stereocenters. The van der Waals surface area contributed by atoms with Crippen LogP contribution in [0.5, 0.6) is 0 Å². The lowest BCUT2D eigenvalue weighted by molar-refractivity contribution is 0.189. The lowest BCUT2D eigenvalue weighted by atomic mass is 10.1. The molecule has 0 amide bonds. The molecule has 14 heteroatoms. The van der Waals surface area contributed by atoms with Crippen molar-refractivity contribution in [1.29, 1.82) is 0 Å². The van der Waals surface area contributed by atoms with Gasteiger partial charge in [-0.05, 0) is 45.5 Å². The highest BCUT2D eigenvalue weighted by Gasteiger charge is 2.66. The number of rotatable bonds is 12. The van der Waals surface area contributed by atoms with Crippen molar-refractivity contribution in [1.82, 2.24) is 14.9 Å². The average molecular weight is 569 g/mol. The quantitative estimate of drug-likeness (QED) is 0.333. The Balaban J connectivity index is 2.34. The number of hydrogen-bond acceptors (Lipinski definition) is 10. The first-order valence-electron chi connectivity index (χ1n) is 10.2. The van der Waals surface area contributed by atoms with Crippen LogP contribution >= 0.6 is 42.9 Å². The van der Waals surface area contributed by atoms with Crippen molar-refractivity contribution >= 4 is 42.9 Å². The first-order valence-corrected chi connectivity index (χ1v) is 15.0. The third-order valence-corrected chi connectivity index (χ3v) is 13.0. The molecule has 32 heavy (non-hydrogen) atoms. The Bertz CT molecular complexity index is 954. The fraction of sp³-hybridized carbons (Fsp3) is 0.556. The van der Waals surface area contributed by atoms with Crippen LogP contribution in [0.1, 0.15) is 33.3 Å². The average Bonchev–Trinajstić information content (AvgIpc) is 3.29. The van der Waals surface area contributed by atoms with Crippen LogP contribution in [0, 0.1) is 0 Å². The Hall–Kier alpha value is -0.710. The Morgan fingerprint density at radius 1 is 1.03 bits per heavy atom. The topological polar surface area (TPSA) is 114 Å². The summed E-state index contributed by atoms with van der Waals surface area (Å²) in [7, 11) is -8.19. The van der Waals surface area contributed by atoms with Gasteiger partial charge in [0.1, 0.15) is 6.33 Å². The van der Waals surface area contributed by atoms with Crippen LogP contribution in [0.2, 0.25) is 0 Å². The van der Waals surface area contributed by atoms with Crippen LogP contribution < -0.4 is 5.43 Å². The molecule has 0 saturated heterocycles. The van der Waals surface area contributed by atoms with Crippen molar-refractivity contribution in [2.45, 2.75) is 43.1 Å². The summed E-state index contributed by atoms with van der Waals surface area (Å²) in [5.41, 5.74) is 3.94. The number of nitrogens with zero attached hydrogens (tertiary/aromatic N) is 3. The highest BCUT2D eigenvalue weighted by Crippen LogP contribution is 2.77. The summed E-state index contributed by atoms with van der Waals surface area (Å²) in [4.78, 5) is -1.34. The van der Waals surface area contributed by atoms with Crippen molar-refractivity contribution < 1.29 is 27.2 Å². The third-order valence-electron chi connectivity index (χ3n) is 4.53. The van der Waals surface area contributed by atoms with Gasteiger partial charge in [0.05, 0.1) is 26.4 Å². The van der Waals surface area contributed by atoms with Crippen LogP contribution in [-0.2, 0) is 32.1 Å². The first-order chi connectivity index (χ1) is 15.3. The van der Waals surface area contributed by atoms with E-state index in [9.17, 15) is 9.13 Å². The predicted octanol–water partition coefficient (Wildman–Crippen LogP) is 5.40. The first kappa shape index (κ1) is 25.9. The van der Waals surface area contributed by atoms with Crippen molar-refractivity contribution in [3.63, 3.8) is 0 Å². The number of aromatic nitrogens is 3. The van der Waals surface area contributed by atoms with Gasteiger partial charge in [0.15, 0.2) is 4.87 Å². The molecule has 1 aromatic heterocycles. The minimum atomic E-state index is -4.09. The van der Waals surface area contributed by atoms with E-state index in [0.717, 1.165) is 0 Å². The van der Waals surface area contributed by atoms with Crippen LogP contribution in [0.4, 0.5) is 0 Å². The molecular formula is C18H27BrN4O6P2S. The van der Waals surface area contributed by atoms with Gasteiger partial charge in [-0.1, -0.05) is 34.1 Å². The number of halogens is 1. The SMILES string of the molecule is CCOP(=O)(OCC)C(C1(c2ccccc2Br)Nn2cnnc2S1)P(=O)(OCC)OCC. The van der Waals surface area contributed by atoms with E-state index in [1.807, 2.05) is 24.3 Å². The van der Waals surface area contributed by atoms with Gasteiger partial charge in [-0.25, -0.2) is 4.68 Å². The summed E-state index contributed by atoms with van der Waals surface area (Å²) in [5, 5.41) is 7.17. The highest BCUT2D eigenvalue weighted by atomic mass is 79.9. The summed E-state index contributed by atoms with van der Waals surface area (Å²) >= 11 is 4.80. The summed E-state index contributed by atoms with van der Waals surface area (Å²) in [5.74, 6) is 0. The zero-order chi connectivity index (χ0) is 23.4. The van der Waals surface area contributed by atoms with Gasteiger partial charge in [0, 0.05) is 10.0 Å². The molecule has 2 aromatic rings. The molecule has 0 radical (unpaired) electrons. The Morgan fingerprint density at radius 2 is 1.56 bits per heavy atom. The molecule has 1 aromatic carbocycles. The summed E-state index contributed by atoms with van der Waals surface area (Å²) in [6, 6.07) is 7.36. The number of nitrogens with one attached hydrogen (secondary N) is 1. The smallest absolute Gasteiger partial charge is 0.308 e. The van der Waals surface area contributed by atoms with Crippen molar-refractivity contribution in [3.8, 4) is 0 Å². The molecule has 0 fully saturated rings. The summed E-state index contributed by atoms with van der Waals surface area (Å²) in [6.07, 6.45) is 1.48. The Labute approximate surface area is 200 Å². The van der Waals surface area contributed by atoms with Crippen LogP contribution in [-0.4, -0.2) is 46.7 Å². The van der Waals surface area contributed by atoms with Gasteiger partial charge in [-0.15, -0.1) is 10.2 Å². The number of fused-ring (bicyclic) bond motifs is 1. The molecule has 0 saturated carbocycles. The van der Waals surface area contributed by atoms with Gasteiger partial charge in [0.25, 0.3) is 0 Å². The number of thioether (sulfide) groups is 1. The van der Waals surface area contributed by atoms with Gasteiger partial charge in [-0.3, -0.25) is 14.6 Å². The lowest BCUT2D eigenvalue weighted by Crippen LogP contribution is -2.45. The zero-order valence-corrected chi connectivity index (χ0v) is 22.5. The molecule has 0 bridgehead atoms. The molecule has 10 nitrogen and oxygen atoms in total. The van der Waals surface area contributed by atoms with E-state index in [1.165, 1.54) is 18.1 Å². The van der Waals surface area contributed by atoms with Gasteiger partial charge < -0.3 is 18.1 Å². The Kier molecular flexibility index (Phi) is 8.66. The molecule has 1 aliphatic rings. The third kappa shape index (κ3) is 4.74. The normalized spacial score (nSPS) is 18.7. The summed E-state index contributed by atoms with van der Waals surface area (Å²) in [6.45, 7) is 7.11. The second-order valence-electron chi connectivity index (χ2n) is 6.54. The number of benzene rings is 1. The van der Waals surface area contributed by atoms with Crippen LogP contribution in [0.3, 0.4) is 0 Å². The highest BCUT2D eigenvalue weighted by molar-refractivity contribution is 9.10. The fourth-order valence-electron chi connectivity index (χ4n) is 3.54. The monoisotopic (exact) mass is 568 g/mol. The maximum atomic E-state index is 14.4. The fourth-order valence-corrected chi connectivity index (χ4v) is 12.1. The number of hydrogen-bond donors (Lipinski definition) is 1. The van der Waals surface area contributed by atoms with E-state index >= 15 is 0 Å². The Morgan fingerprint density at radius 3 is 2.03 bits per heavy atom. The van der Waals surface area contributed by atoms with E-state index in [1.54, 1.807) is 32.4 Å². The lowest BCUT2D eigenvalue weighted by Gasteiger charge is -2.42. The summed E-state index contributed by atoms with van der Waals surface area (Å²) < 4.78 is 53.9. The van der Waals surface area contributed by atoms with Crippen molar-refractivity contribution in [2.75, 3.05) is 31.9 Å². The van der Waals surface area contributed by atoms with Gasteiger partial charge in [0.2, 0.25) is 10.6 Å². The van der Waals surface area contributed by atoms with Crippen LogP contribution in [0.15, 0.2) is 40.2 Å². The van der Waals surface area contributed by atoms with Crippen molar-refractivity contribution in [3.05, 3.63) is 40.6 Å². The minimum Gasteiger partial charge on any atom is -0.308 e. The van der Waals surface area contributed by atoms with E-state index in [0.29, 0.717) is 15.2 Å².